The van der Waals surface area contributed by atoms with Crippen molar-refractivity contribution in [3.8, 4) is 0 Å². The van der Waals surface area contributed by atoms with E-state index in [2.05, 4.69) is 5.32 Å². The van der Waals surface area contributed by atoms with Gasteiger partial charge in [-0.1, -0.05) is 12.8 Å². The van der Waals surface area contributed by atoms with E-state index >= 15 is 0 Å². The van der Waals surface area contributed by atoms with Gasteiger partial charge in [-0.3, -0.25) is 4.79 Å². The van der Waals surface area contributed by atoms with Crippen molar-refractivity contribution in [2.75, 3.05) is 6.54 Å². The highest BCUT2D eigenvalue weighted by Crippen LogP contribution is 2.53. The highest BCUT2D eigenvalue weighted by molar-refractivity contribution is 6.52. The Bertz CT molecular complexity index is 275. The molecule has 5 heteroatoms. The predicted octanol–water partition coefficient (Wildman–Crippen LogP) is 1.60. The number of amides is 1. The number of nitrogens with one attached hydrogen (secondary N) is 1. The summed E-state index contributed by atoms with van der Waals surface area (Å²) in [5.74, 6) is -0.439. The summed E-state index contributed by atoms with van der Waals surface area (Å²) in [6, 6.07) is 0. The first-order valence-electron chi connectivity index (χ1n) is 5.31. The van der Waals surface area contributed by atoms with Crippen LogP contribution >= 0.6 is 23.2 Å². The van der Waals surface area contributed by atoms with E-state index in [1.807, 2.05) is 0 Å². The first kappa shape index (κ1) is 11.5. The van der Waals surface area contributed by atoms with Gasteiger partial charge in [0.2, 0.25) is 5.91 Å². The molecule has 0 aliphatic heterocycles. The van der Waals surface area contributed by atoms with Crippen molar-refractivity contribution in [3.63, 3.8) is 0 Å². The average Bonchev–Trinajstić information content (AvgIpc) is 2.60. The summed E-state index contributed by atoms with van der Waals surface area (Å²) in [7, 11) is 0. The van der Waals surface area contributed by atoms with Crippen molar-refractivity contribution >= 4 is 29.1 Å². The molecule has 0 aromatic rings. The van der Waals surface area contributed by atoms with Crippen molar-refractivity contribution in [2.24, 2.45) is 5.92 Å². The number of halogens is 2. The lowest BCUT2D eigenvalue weighted by molar-refractivity contribution is -0.123. The van der Waals surface area contributed by atoms with E-state index in [1.54, 1.807) is 0 Å². The topological polar surface area (TPSA) is 49.3 Å². The summed E-state index contributed by atoms with van der Waals surface area (Å²) in [6.07, 6.45) is 4.12. The zero-order valence-electron chi connectivity index (χ0n) is 8.43. The lowest BCUT2D eigenvalue weighted by Gasteiger charge is -2.22. The molecule has 2 rings (SSSR count). The summed E-state index contributed by atoms with van der Waals surface area (Å²) >= 11 is 11.5. The Morgan fingerprint density at radius 2 is 1.93 bits per heavy atom. The Hall–Kier alpha value is 0.01000. The van der Waals surface area contributed by atoms with Gasteiger partial charge < -0.3 is 10.4 Å². The molecule has 15 heavy (non-hydrogen) atoms. The zero-order chi connectivity index (χ0) is 11.1. The van der Waals surface area contributed by atoms with Crippen LogP contribution < -0.4 is 5.32 Å². The zero-order valence-corrected chi connectivity index (χ0v) is 9.94. The average molecular weight is 252 g/mol. The Morgan fingerprint density at radius 1 is 1.40 bits per heavy atom. The van der Waals surface area contributed by atoms with Gasteiger partial charge >= 0.3 is 0 Å². The van der Waals surface area contributed by atoms with Crippen LogP contribution in [0.15, 0.2) is 0 Å². The van der Waals surface area contributed by atoms with Crippen molar-refractivity contribution in [1.82, 2.24) is 5.32 Å². The fourth-order valence-corrected chi connectivity index (χ4v) is 2.59. The number of carbonyl (C=O) groups excluding carboxylic acids is 1. The van der Waals surface area contributed by atoms with Crippen LogP contribution in [-0.2, 0) is 4.79 Å². The third-order valence-corrected chi connectivity index (χ3v) is 4.10. The van der Waals surface area contributed by atoms with Crippen LogP contribution in [0.3, 0.4) is 0 Å². The molecule has 86 valence electrons. The predicted molar refractivity (Wildman–Crippen MR) is 59.0 cm³/mol. The largest absolute Gasteiger partial charge is 0.388 e. The summed E-state index contributed by atoms with van der Waals surface area (Å²) in [4.78, 5) is 11.5. The van der Waals surface area contributed by atoms with Gasteiger partial charge in [0, 0.05) is 6.54 Å². The van der Waals surface area contributed by atoms with Gasteiger partial charge in [-0.15, -0.1) is 23.2 Å². The molecule has 2 saturated carbocycles. The monoisotopic (exact) mass is 251 g/mol. The van der Waals surface area contributed by atoms with Crippen molar-refractivity contribution in [1.29, 1.82) is 0 Å². The minimum Gasteiger partial charge on any atom is -0.388 e. The normalized spacial score (nSPS) is 31.3. The van der Waals surface area contributed by atoms with Gasteiger partial charge in [-0.25, -0.2) is 0 Å². The van der Waals surface area contributed by atoms with Crippen LogP contribution in [-0.4, -0.2) is 27.5 Å². The fraction of sp³-hybridized carbons (Fsp3) is 0.900. The van der Waals surface area contributed by atoms with E-state index in [9.17, 15) is 9.90 Å². The molecule has 3 nitrogen and oxygen atoms in total. The summed E-state index contributed by atoms with van der Waals surface area (Å²) < 4.78 is -0.873. The van der Waals surface area contributed by atoms with Gasteiger partial charge in [0.1, 0.15) is 4.33 Å². The molecular formula is C10H15Cl2NO2. The smallest absolute Gasteiger partial charge is 0.226 e. The Balaban J connectivity index is 1.76. The molecule has 0 bridgehead atoms. The summed E-state index contributed by atoms with van der Waals surface area (Å²) in [5.41, 5.74) is -0.703. The molecule has 1 amide bonds. The second kappa shape index (κ2) is 3.79. The first-order chi connectivity index (χ1) is 6.93. The highest BCUT2D eigenvalue weighted by Gasteiger charge is 2.56. The molecule has 2 fully saturated rings. The van der Waals surface area contributed by atoms with E-state index in [1.165, 1.54) is 0 Å². The van der Waals surface area contributed by atoms with Crippen LogP contribution in [0.1, 0.15) is 32.1 Å². The van der Waals surface area contributed by atoms with Crippen molar-refractivity contribution in [3.05, 3.63) is 0 Å². The second-order valence-corrected chi connectivity index (χ2v) is 6.21. The molecule has 0 aromatic carbocycles. The molecule has 2 aliphatic rings. The van der Waals surface area contributed by atoms with Crippen LogP contribution in [0, 0.1) is 5.92 Å². The van der Waals surface area contributed by atoms with Gasteiger partial charge in [-0.2, -0.15) is 0 Å². The molecule has 2 N–H and O–H groups in total. The lowest BCUT2D eigenvalue weighted by Crippen LogP contribution is -2.41. The van der Waals surface area contributed by atoms with Crippen molar-refractivity contribution < 1.29 is 9.90 Å². The molecule has 1 atom stereocenters. The minimum absolute atomic E-state index is 0.139. The number of alkyl halides is 2. The summed E-state index contributed by atoms with van der Waals surface area (Å²) in [6.45, 7) is 0.326. The first-order valence-corrected chi connectivity index (χ1v) is 6.06. The van der Waals surface area contributed by atoms with E-state index in [-0.39, 0.29) is 11.8 Å². The van der Waals surface area contributed by atoms with E-state index in [0.717, 1.165) is 25.7 Å². The molecule has 0 aromatic heterocycles. The molecule has 0 heterocycles. The second-order valence-electron chi connectivity index (χ2n) is 4.67. The maximum absolute atomic E-state index is 11.5. The number of carbonyl (C=O) groups is 1. The molecule has 0 radical (unpaired) electrons. The van der Waals surface area contributed by atoms with Crippen molar-refractivity contribution in [2.45, 2.75) is 42.0 Å². The highest BCUT2D eigenvalue weighted by atomic mass is 35.5. The van der Waals surface area contributed by atoms with Gasteiger partial charge in [0.15, 0.2) is 0 Å². The number of hydrogen-bond donors (Lipinski definition) is 2. The third-order valence-electron chi connectivity index (χ3n) is 3.27. The SMILES string of the molecule is O=C(NCC1(O)CCCC1)C1CC1(Cl)Cl. The molecule has 2 aliphatic carbocycles. The van der Waals surface area contributed by atoms with Crippen LogP contribution in [0.25, 0.3) is 0 Å². The molecule has 0 saturated heterocycles. The molecule has 0 spiro atoms. The number of aliphatic hydroxyl groups is 1. The van der Waals surface area contributed by atoms with E-state index < -0.39 is 9.93 Å². The molecular weight excluding hydrogens is 237 g/mol. The lowest BCUT2D eigenvalue weighted by atomic mass is 10.0. The van der Waals surface area contributed by atoms with Crippen LogP contribution in [0.5, 0.6) is 0 Å². The van der Waals surface area contributed by atoms with Gasteiger partial charge in [0.25, 0.3) is 0 Å². The van der Waals surface area contributed by atoms with Gasteiger partial charge in [-0.05, 0) is 19.3 Å². The number of hydrogen-bond acceptors (Lipinski definition) is 2. The standard InChI is InChI=1S/C10H15Cl2NO2/c11-10(12)5-7(10)8(14)13-6-9(15)3-1-2-4-9/h7,15H,1-6H2,(H,13,14). The molecule has 1 unspecified atom stereocenters. The Kier molecular flexibility index (Phi) is 2.91. The Labute approximate surface area is 99.1 Å². The fourth-order valence-electron chi connectivity index (χ4n) is 2.08. The Morgan fingerprint density at radius 3 is 2.40 bits per heavy atom. The maximum Gasteiger partial charge on any atom is 0.226 e. The third kappa shape index (κ3) is 2.58. The van der Waals surface area contributed by atoms with Crippen LogP contribution in [0.2, 0.25) is 0 Å². The minimum atomic E-state index is -0.873. The maximum atomic E-state index is 11.5. The van der Waals surface area contributed by atoms with E-state index in [0.29, 0.717) is 13.0 Å². The van der Waals surface area contributed by atoms with Crippen LogP contribution in [0.4, 0.5) is 0 Å². The summed E-state index contributed by atoms with van der Waals surface area (Å²) in [5, 5.41) is 12.7. The number of rotatable bonds is 3. The van der Waals surface area contributed by atoms with Gasteiger partial charge in [0.05, 0.1) is 11.5 Å². The quantitative estimate of drug-likeness (QED) is 0.749. The van der Waals surface area contributed by atoms with E-state index in [4.69, 9.17) is 23.2 Å².